The molecule has 0 bridgehead atoms. The Bertz CT molecular complexity index is 898. The first-order chi connectivity index (χ1) is 12.2. The number of amides is 1. The lowest BCUT2D eigenvalue weighted by Gasteiger charge is -2.02. The smallest absolute Gasteiger partial charge is 0.239 e. The highest BCUT2D eigenvalue weighted by Crippen LogP contribution is 2.20. The lowest BCUT2D eigenvalue weighted by Crippen LogP contribution is -2.22. The molecule has 2 aromatic heterocycles. The van der Waals surface area contributed by atoms with Crippen molar-refractivity contribution in [2.24, 2.45) is 0 Å². The van der Waals surface area contributed by atoms with Crippen LogP contribution < -0.4 is 10.2 Å². The number of benzene rings is 1. The number of aromatic amines is 1. The number of H-pyrrole nitrogens is 1. The maximum atomic E-state index is 11.9. The number of hydrogen-bond acceptors (Lipinski definition) is 7. The summed E-state index contributed by atoms with van der Waals surface area (Å²) in [4.78, 5) is 16.2. The van der Waals surface area contributed by atoms with Crippen molar-refractivity contribution < 1.29 is 14.1 Å². The zero-order valence-electron chi connectivity index (χ0n) is 13.4. The molecule has 3 rings (SSSR count). The first kappa shape index (κ1) is 16.8. The highest BCUT2D eigenvalue weighted by Gasteiger charge is 2.11. The number of carbonyl (C=O) groups excluding carboxylic acids is 1. The summed E-state index contributed by atoms with van der Waals surface area (Å²) in [6, 6.07) is 7.40. The van der Waals surface area contributed by atoms with Crippen molar-refractivity contribution in [1.82, 2.24) is 25.0 Å². The van der Waals surface area contributed by atoms with Gasteiger partial charge in [-0.25, -0.2) is 4.68 Å². The van der Waals surface area contributed by atoms with Crippen LogP contribution in [0.5, 0.6) is 5.75 Å². The van der Waals surface area contributed by atoms with Crippen molar-refractivity contribution in [3.8, 4) is 17.1 Å². The van der Waals surface area contributed by atoms with Crippen LogP contribution in [0, 0.1) is 4.77 Å². The Morgan fingerprint density at radius 3 is 2.88 bits per heavy atom. The Morgan fingerprint density at radius 1 is 1.40 bits per heavy atom. The van der Waals surface area contributed by atoms with Gasteiger partial charge < -0.3 is 9.26 Å². The van der Waals surface area contributed by atoms with E-state index in [0.717, 1.165) is 11.3 Å². The van der Waals surface area contributed by atoms with Gasteiger partial charge in [-0.3, -0.25) is 15.3 Å². The van der Waals surface area contributed by atoms with Crippen molar-refractivity contribution in [2.45, 2.75) is 19.8 Å². The number of hydrogen-bond donors (Lipinski definition) is 2. The second kappa shape index (κ2) is 7.71. The predicted molar refractivity (Wildman–Crippen MR) is 91.0 cm³/mol. The predicted octanol–water partition coefficient (Wildman–Crippen LogP) is 2.09. The summed E-state index contributed by atoms with van der Waals surface area (Å²) in [7, 11) is 0. The molecule has 9 nitrogen and oxygen atoms in total. The zero-order valence-corrected chi connectivity index (χ0v) is 14.2. The molecule has 2 heterocycles. The van der Waals surface area contributed by atoms with Gasteiger partial charge in [0.15, 0.2) is 0 Å². The molecular formula is C15H16N6O3S. The number of carbonyl (C=O) groups is 1. The van der Waals surface area contributed by atoms with E-state index in [-0.39, 0.29) is 12.3 Å². The lowest BCUT2D eigenvalue weighted by atomic mass is 10.2. The largest absolute Gasteiger partial charge is 0.494 e. The minimum atomic E-state index is -0.238. The second-order valence-corrected chi connectivity index (χ2v) is 5.42. The molecule has 0 radical (unpaired) electrons. The van der Waals surface area contributed by atoms with E-state index in [0.29, 0.717) is 29.5 Å². The Hall–Kier alpha value is -3.01. The van der Waals surface area contributed by atoms with Gasteiger partial charge >= 0.3 is 0 Å². The van der Waals surface area contributed by atoms with Gasteiger partial charge in [0.2, 0.25) is 22.4 Å². The fraction of sp³-hybridized carbons (Fsp3) is 0.267. The molecule has 0 aliphatic rings. The molecule has 1 amide bonds. The molecule has 0 aliphatic carbocycles. The Morgan fingerprint density at radius 2 is 2.20 bits per heavy atom. The fourth-order valence-electron chi connectivity index (χ4n) is 2.08. The van der Waals surface area contributed by atoms with Crippen molar-refractivity contribution in [2.75, 3.05) is 12.0 Å². The zero-order chi connectivity index (χ0) is 17.6. The number of nitrogens with zero attached hydrogens (tertiary/aromatic N) is 4. The number of nitrogens with one attached hydrogen (secondary N) is 2. The summed E-state index contributed by atoms with van der Waals surface area (Å²) in [5.74, 6) is 1.40. The number of rotatable bonds is 7. The third-order valence-corrected chi connectivity index (χ3v) is 3.54. The molecule has 0 spiro atoms. The average Bonchev–Trinajstić information content (AvgIpc) is 3.24. The normalized spacial score (nSPS) is 10.6. The van der Waals surface area contributed by atoms with E-state index in [1.807, 2.05) is 31.2 Å². The molecule has 1 aromatic carbocycles. The van der Waals surface area contributed by atoms with E-state index in [4.69, 9.17) is 21.5 Å². The standard InChI is InChI=1S/C15H16N6O3S/c1-2-23-11-5-3-10(4-6-11)14-17-13(24-20-14)8-7-12(22)19-21-9-16-18-15(21)25/h3-6,9H,2,7-8H2,1H3,(H,18,25)(H,19,22). The first-order valence-electron chi connectivity index (χ1n) is 7.63. The maximum Gasteiger partial charge on any atom is 0.239 e. The van der Waals surface area contributed by atoms with E-state index in [9.17, 15) is 4.79 Å². The van der Waals surface area contributed by atoms with Gasteiger partial charge in [-0.15, -0.1) is 0 Å². The van der Waals surface area contributed by atoms with Crippen LogP contribution in [0.2, 0.25) is 0 Å². The van der Waals surface area contributed by atoms with Crippen molar-refractivity contribution in [3.05, 3.63) is 41.3 Å². The van der Waals surface area contributed by atoms with Crippen LogP contribution in [0.25, 0.3) is 11.4 Å². The molecule has 2 N–H and O–H groups in total. The average molecular weight is 360 g/mol. The summed E-state index contributed by atoms with van der Waals surface area (Å²) in [6.07, 6.45) is 1.88. The van der Waals surface area contributed by atoms with E-state index >= 15 is 0 Å². The van der Waals surface area contributed by atoms with E-state index in [1.54, 1.807) is 0 Å². The molecule has 3 aromatic rings. The SMILES string of the molecule is CCOc1ccc(-c2noc(CCC(=O)Nn3cn[nH]c3=S)n2)cc1. The van der Waals surface area contributed by atoms with Gasteiger partial charge in [0, 0.05) is 18.4 Å². The van der Waals surface area contributed by atoms with Crippen LogP contribution in [-0.2, 0) is 11.2 Å². The molecule has 10 heteroatoms. The molecule has 25 heavy (non-hydrogen) atoms. The van der Waals surface area contributed by atoms with Gasteiger partial charge in [-0.1, -0.05) is 5.16 Å². The van der Waals surface area contributed by atoms with Gasteiger partial charge in [0.25, 0.3) is 0 Å². The number of aryl methyl sites for hydroxylation is 1. The van der Waals surface area contributed by atoms with Crippen molar-refractivity contribution in [1.29, 1.82) is 0 Å². The summed E-state index contributed by atoms with van der Waals surface area (Å²) < 4.78 is 12.2. The molecule has 0 unspecified atom stereocenters. The van der Waals surface area contributed by atoms with E-state index in [2.05, 4.69) is 25.8 Å². The third kappa shape index (κ3) is 4.29. The fourth-order valence-corrected chi connectivity index (χ4v) is 2.22. The third-order valence-electron chi connectivity index (χ3n) is 3.25. The quantitative estimate of drug-likeness (QED) is 0.621. The Labute approximate surface area is 148 Å². The maximum absolute atomic E-state index is 11.9. The lowest BCUT2D eigenvalue weighted by molar-refractivity contribution is -0.117. The molecule has 0 saturated heterocycles. The van der Waals surface area contributed by atoms with E-state index in [1.165, 1.54) is 11.0 Å². The van der Waals surface area contributed by atoms with Gasteiger partial charge in [0.05, 0.1) is 6.61 Å². The monoisotopic (exact) mass is 360 g/mol. The Kier molecular flexibility index (Phi) is 5.19. The molecule has 0 fully saturated rings. The molecule has 130 valence electrons. The summed E-state index contributed by atoms with van der Waals surface area (Å²) >= 11 is 4.94. The topological polar surface area (TPSA) is 111 Å². The molecule has 0 atom stereocenters. The van der Waals surface area contributed by atoms with E-state index < -0.39 is 0 Å². The van der Waals surface area contributed by atoms with Crippen LogP contribution in [0.15, 0.2) is 35.1 Å². The first-order valence-corrected chi connectivity index (χ1v) is 8.04. The second-order valence-electron chi connectivity index (χ2n) is 5.04. The van der Waals surface area contributed by atoms with Crippen molar-refractivity contribution in [3.63, 3.8) is 0 Å². The van der Waals surface area contributed by atoms with Gasteiger partial charge in [0.1, 0.15) is 12.1 Å². The molecular weight excluding hydrogens is 344 g/mol. The Balaban J connectivity index is 1.57. The van der Waals surface area contributed by atoms with Crippen LogP contribution in [0.1, 0.15) is 19.2 Å². The summed E-state index contributed by atoms with van der Waals surface area (Å²) in [5, 5.41) is 10.2. The van der Waals surface area contributed by atoms with Crippen LogP contribution in [-0.4, -0.2) is 37.5 Å². The van der Waals surface area contributed by atoms with Crippen LogP contribution in [0.3, 0.4) is 0 Å². The van der Waals surface area contributed by atoms with Crippen LogP contribution >= 0.6 is 12.2 Å². The number of ether oxygens (including phenoxy) is 1. The van der Waals surface area contributed by atoms with Gasteiger partial charge in [-0.05, 0) is 43.4 Å². The number of aromatic nitrogens is 5. The van der Waals surface area contributed by atoms with Gasteiger partial charge in [-0.2, -0.15) is 10.1 Å². The van der Waals surface area contributed by atoms with Crippen molar-refractivity contribution >= 4 is 18.1 Å². The highest BCUT2D eigenvalue weighted by molar-refractivity contribution is 7.71. The minimum Gasteiger partial charge on any atom is -0.494 e. The summed E-state index contributed by atoms with van der Waals surface area (Å²) in [5.41, 5.74) is 3.41. The molecule has 0 aliphatic heterocycles. The molecule has 0 saturated carbocycles. The summed E-state index contributed by atoms with van der Waals surface area (Å²) in [6.45, 7) is 2.54. The minimum absolute atomic E-state index is 0.178. The highest BCUT2D eigenvalue weighted by atomic mass is 32.1. The van der Waals surface area contributed by atoms with Crippen LogP contribution in [0.4, 0.5) is 0 Å².